The summed E-state index contributed by atoms with van der Waals surface area (Å²) in [7, 11) is 0. The number of thiazole rings is 1. The molecule has 0 atom stereocenters. The molecule has 1 aromatic rings. The molecule has 1 aromatic heterocycles. The van der Waals surface area contributed by atoms with Crippen molar-refractivity contribution in [2.45, 2.75) is 19.3 Å². The molecule has 0 aliphatic heterocycles. The van der Waals surface area contributed by atoms with E-state index in [1.165, 1.54) is 24.2 Å². The molecule has 0 radical (unpaired) electrons. The zero-order valence-corrected chi connectivity index (χ0v) is 9.55. The maximum Gasteiger partial charge on any atom is 0.277 e. The highest BCUT2D eigenvalue weighted by Crippen LogP contribution is 2.27. The highest BCUT2D eigenvalue weighted by atomic mass is 32.1. The number of primary amides is 1. The lowest BCUT2D eigenvalue weighted by Crippen LogP contribution is -2.27. The number of nitrogens with one attached hydrogen (secondary N) is 1. The normalized spacial score (nSPS) is 14.8. The van der Waals surface area contributed by atoms with Gasteiger partial charge < -0.3 is 11.1 Å². The SMILES string of the molecule is NC(=O)c1nc(CC(=O)NCC2CC2)cs1. The van der Waals surface area contributed by atoms with Crippen molar-refractivity contribution in [3.63, 3.8) is 0 Å². The summed E-state index contributed by atoms with van der Waals surface area (Å²) in [5.41, 5.74) is 5.68. The van der Waals surface area contributed by atoms with Crippen LogP contribution in [-0.4, -0.2) is 23.3 Å². The summed E-state index contributed by atoms with van der Waals surface area (Å²) in [6, 6.07) is 0. The Labute approximate surface area is 97.1 Å². The molecule has 3 N–H and O–H groups in total. The minimum atomic E-state index is -0.547. The lowest BCUT2D eigenvalue weighted by molar-refractivity contribution is -0.120. The zero-order chi connectivity index (χ0) is 11.5. The monoisotopic (exact) mass is 239 g/mol. The van der Waals surface area contributed by atoms with Gasteiger partial charge in [0.25, 0.3) is 5.91 Å². The molecular weight excluding hydrogens is 226 g/mol. The van der Waals surface area contributed by atoms with Crippen molar-refractivity contribution in [3.05, 3.63) is 16.1 Å². The lowest BCUT2D eigenvalue weighted by Gasteiger charge is -2.01. The number of nitrogens with zero attached hydrogens (tertiary/aromatic N) is 1. The number of hydrogen-bond acceptors (Lipinski definition) is 4. The summed E-state index contributed by atoms with van der Waals surface area (Å²) < 4.78 is 0. The quantitative estimate of drug-likeness (QED) is 0.775. The second-order valence-electron chi connectivity index (χ2n) is 3.93. The first-order chi connectivity index (χ1) is 7.65. The molecule has 1 saturated carbocycles. The number of aromatic nitrogens is 1. The first kappa shape index (κ1) is 11.1. The predicted molar refractivity (Wildman–Crippen MR) is 60.1 cm³/mol. The van der Waals surface area contributed by atoms with Gasteiger partial charge in [0.1, 0.15) is 0 Å². The van der Waals surface area contributed by atoms with Gasteiger partial charge in [-0.25, -0.2) is 4.98 Å². The highest BCUT2D eigenvalue weighted by Gasteiger charge is 2.21. The van der Waals surface area contributed by atoms with Crippen LogP contribution in [0.25, 0.3) is 0 Å². The van der Waals surface area contributed by atoms with Gasteiger partial charge >= 0.3 is 0 Å². The van der Waals surface area contributed by atoms with E-state index in [1.54, 1.807) is 5.38 Å². The van der Waals surface area contributed by atoms with Gasteiger partial charge in [0.15, 0.2) is 5.01 Å². The number of rotatable bonds is 5. The molecule has 16 heavy (non-hydrogen) atoms. The summed E-state index contributed by atoms with van der Waals surface area (Å²) in [4.78, 5) is 26.2. The predicted octanol–water partition coefficient (Wildman–Crippen LogP) is 0.311. The van der Waals surface area contributed by atoms with Crippen molar-refractivity contribution in [2.75, 3.05) is 6.54 Å². The van der Waals surface area contributed by atoms with Crippen molar-refractivity contribution >= 4 is 23.2 Å². The minimum absolute atomic E-state index is 0.0479. The molecule has 2 amide bonds. The Hall–Kier alpha value is -1.43. The van der Waals surface area contributed by atoms with E-state index in [9.17, 15) is 9.59 Å². The smallest absolute Gasteiger partial charge is 0.277 e. The third-order valence-electron chi connectivity index (χ3n) is 2.39. The summed E-state index contributed by atoms with van der Waals surface area (Å²) in [5.74, 6) is 0.0726. The summed E-state index contributed by atoms with van der Waals surface area (Å²) in [5, 5.41) is 4.79. The van der Waals surface area contributed by atoms with Gasteiger partial charge in [0.2, 0.25) is 5.91 Å². The molecule has 1 aliphatic carbocycles. The molecule has 1 fully saturated rings. The van der Waals surface area contributed by atoms with Gasteiger partial charge in [-0.2, -0.15) is 0 Å². The first-order valence-electron chi connectivity index (χ1n) is 5.16. The van der Waals surface area contributed by atoms with Gasteiger partial charge in [-0.3, -0.25) is 9.59 Å². The number of carbonyl (C=O) groups excluding carboxylic acids is 2. The van der Waals surface area contributed by atoms with Crippen molar-refractivity contribution in [2.24, 2.45) is 11.7 Å². The van der Waals surface area contributed by atoms with Crippen molar-refractivity contribution in [1.29, 1.82) is 0 Å². The van der Waals surface area contributed by atoms with Gasteiger partial charge in [-0.05, 0) is 18.8 Å². The average Bonchev–Trinajstić information content (AvgIpc) is 2.95. The minimum Gasteiger partial charge on any atom is -0.364 e. The van der Waals surface area contributed by atoms with Crippen LogP contribution in [0.5, 0.6) is 0 Å². The van der Waals surface area contributed by atoms with Crippen LogP contribution in [-0.2, 0) is 11.2 Å². The molecular formula is C10H13N3O2S. The number of nitrogens with two attached hydrogens (primary N) is 1. The summed E-state index contributed by atoms with van der Waals surface area (Å²) in [6.45, 7) is 0.756. The molecule has 1 heterocycles. The maximum atomic E-state index is 11.5. The second-order valence-corrected chi connectivity index (χ2v) is 4.79. The summed E-state index contributed by atoms with van der Waals surface area (Å²) in [6.07, 6.45) is 2.64. The van der Waals surface area contributed by atoms with Gasteiger partial charge in [-0.15, -0.1) is 11.3 Å². The Bertz CT molecular complexity index is 412. The topological polar surface area (TPSA) is 85.1 Å². The standard InChI is InChI=1S/C10H13N3O2S/c11-9(15)10-13-7(5-16-10)3-8(14)12-4-6-1-2-6/h5-6H,1-4H2,(H2,11,15)(H,12,14). The highest BCUT2D eigenvalue weighted by molar-refractivity contribution is 7.11. The van der Waals surface area contributed by atoms with E-state index in [1.807, 2.05) is 0 Å². The fraction of sp³-hybridized carbons (Fsp3) is 0.500. The number of hydrogen-bond donors (Lipinski definition) is 2. The molecule has 0 spiro atoms. The van der Waals surface area contributed by atoms with Crippen molar-refractivity contribution < 1.29 is 9.59 Å². The van der Waals surface area contributed by atoms with E-state index < -0.39 is 5.91 Å². The molecule has 2 rings (SSSR count). The second kappa shape index (κ2) is 4.61. The van der Waals surface area contributed by atoms with E-state index >= 15 is 0 Å². The molecule has 5 nitrogen and oxygen atoms in total. The van der Waals surface area contributed by atoms with E-state index in [4.69, 9.17) is 5.73 Å². The molecule has 6 heteroatoms. The van der Waals surface area contributed by atoms with E-state index in [0.717, 1.165) is 6.54 Å². The fourth-order valence-corrected chi connectivity index (χ4v) is 1.98. The van der Waals surface area contributed by atoms with Gasteiger partial charge in [0.05, 0.1) is 12.1 Å². The fourth-order valence-electron chi connectivity index (χ4n) is 1.31. The average molecular weight is 239 g/mol. The van der Waals surface area contributed by atoms with Crippen LogP contribution in [0.3, 0.4) is 0 Å². The Morgan fingerprint density at radius 2 is 2.31 bits per heavy atom. The molecule has 0 unspecified atom stereocenters. The zero-order valence-electron chi connectivity index (χ0n) is 8.73. The Morgan fingerprint density at radius 1 is 1.56 bits per heavy atom. The third kappa shape index (κ3) is 3.03. The van der Waals surface area contributed by atoms with E-state index in [-0.39, 0.29) is 17.3 Å². The van der Waals surface area contributed by atoms with Crippen LogP contribution >= 0.6 is 11.3 Å². The van der Waals surface area contributed by atoms with Crippen LogP contribution in [0.4, 0.5) is 0 Å². The van der Waals surface area contributed by atoms with Crippen LogP contribution in [0, 0.1) is 5.92 Å². The van der Waals surface area contributed by atoms with Gasteiger partial charge in [0, 0.05) is 11.9 Å². The lowest BCUT2D eigenvalue weighted by atomic mass is 10.3. The van der Waals surface area contributed by atoms with Crippen molar-refractivity contribution in [1.82, 2.24) is 10.3 Å². The van der Waals surface area contributed by atoms with Crippen LogP contribution < -0.4 is 11.1 Å². The Morgan fingerprint density at radius 3 is 2.88 bits per heavy atom. The largest absolute Gasteiger partial charge is 0.364 e. The first-order valence-corrected chi connectivity index (χ1v) is 6.04. The van der Waals surface area contributed by atoms with E-state index in [0.29, 0.717) is 11.6 Å². The molecule has 0 aromatic carbocycles. The molecule has 0 saturated heterocycles. The van der Waals surface area contributed by atoms with Crippen LogP contribution in [0.15, 0.2) is 5.38 Å². The molecule has 86 valence electrons. The Balaban J connectivity index is 1.82. The van der Waals surface area contributed by atoms with Gasteiger partial charge in [-0.1, -0.05) is 0 Å². The maximum absolute atomic E-state index is 11.5. The third-order valence-corrected chi connectivity index (χ3v) is 3.29. The van der Waals surface area contributed by atoms with Crippen LogP contribution in [0.2, 0.25) is 0 Å². The summed E-state index contributed by atoms with van der Waals surface area (Å²) >= 11 is 1.17. The number of carbonyl (C=O) groups is 2. The van der Waals surface area contributed by atoms with Crippen LogP contribution in [0.1, 0.15) is 28.3 Å². The van der Waals surface area contributed by atoms with Crippen molar-refractivity contribution in [3.8, 4) is 0 Å². The molecule has 0 bridgehead atoms. The number of amides is 2. The van der Waals surface area contributed by atoms with E-state index in [2.05, 4.69) is 10.3 Å². The Kier molecular flexibility index (Phi) is 3.19. The molecule has 1 aliphatic rings.